The number of rotatable bonds is 6. The summed E-state index contributed by atoms with van der Waals surface area (Å²) in [6.45, 7) is 10.2. The maximum atomic E-state index is 4.28. The molecule has 0 saturated carbocycles. The summed E-state index contributed by atoms with van der Waals surface area (Å²) in [5, 5.41) is 3.31. The molecule has 4 heteroatoms. The second kappa shape index (κ2) is 6.35. The number of hydrogen-bond donors (Lipinski definition) is 1. The molecule has 1 N–H and O–H groups in total. The Labute approximate surface area is 91.7 Å². The van der Waals surface area contributed by atoms with Crippen molar-refractivity contribution >= 4 is 5.82 Å². The standard InChI is InChI=1S/C11H20N4/c1-4-12-6-7-15(5-2)11-8-10(3)13-9-14-11/h8-9,12H,4-7H2,1-3H3. The molecule has 0 aliphatic carbocycles. The van der Waals surface area contributed by atoms with E-state index in [1.165, 1.54) is 0 Å². The van der Waals surface area contributed by atoms with Crippen LogP contribution in [0, 0.1) is 6.92 Å². The zero-order chi connectivity index (χ0) is 11.1. The molecular weight excluding hydrogens is 188 g/mol. The summed E-state index contributed by atoms with van der Waals surface area (Å²) in [7, 11) is 0. The summed E-state index contributed by atoms with van der Waals surface area (Å²) in [5.74, 6) is 1.02. The first-order valence-electron chi connectivity index (χ1n) is 5.52. The van der Waals surface area contributed by atoms with Gasteiger partial charge in [-0.2, -0.15) is 0 Å². The van der Waals surface area contributed by atoms with Gasteiger partial charge in [-0.1, -0.05) is 6.92 Å². The van der Waals surface area contributed by atoms with Gasteiger partial charge in [-0.15, -0.1) is 0 Å². The summed E-state index contributed by atoms with van der Waals surface area (Å²) in [4.78, 5) is 10.6. The zero-order valence-corrected chi connectivity index (χ0v) is 9.82. The van der Waals surface area contributed by atoms with Gasteiger partial charge < -0.3 is 10.2 Å². The molecule has 15 heavy (non-hydrogen) atoms. The van der Waals surface area contributed by atoms with Crippen LogP contribution < -0.4 is 10.2 Å². The van der Waals surface area contributed by atoms with Crippen LogP contribution in [0.4, 0.5) is 5.82 Å². The first-order valence-corrected chi connectivity index (χ1v) is 5.52. The summed E-state index contributed by atoms with van der Waals surface area (Å²) in [6.07, 6.45) is 1.63. The maximum absolute atomic E-state index is 4.28. The van der Waals surface area contributed by atoms with Crippen molar-refractivity contribution in [1.29, 1.82) is 0 Å². The number of nitrogens with zero attached hydrogens (tertiary/aromatic N) is 3. The quantitative estimate of drug-likeness (QED) is 0.714. The third-order valence-corrected chi connectivity index (χ3v) is 2.30. The molecule has 1 rings (SSSR count). The Morgan fingerprint density at radius 3 is 2.73 bits per heavy atom. The lowest BCUT2D eigenvalue weighted by atomic mass is 10.4. The van der Waals surface area contributed by atoms with Gasteiger partial charge in [-0.05, 0) is 20.4 Å². The molecule has 0 aromatic carbocycles. The molecule has 1 heterocycles. The Morgan fingerprint density at radius 1 is 1.33 bits per heavy atom. The molecule has 0 atom stereocenters. The van der Waals surface area contributed by atoms with Crippen molar-refractivity contribution < 1.29 is 0 Å². The monoisotopic (exact) mass is 208 g/mol. The number of hydrogen-bond acceptors (Lipinski definition) is 4. The lowest BCUT2D eigenvalue weighted by Gasteiger charge is -2.21. The van der Waals surface area contributed by atoms with Gasteiger partial charge in [0.15, 0.2) is 0 Å². The van der Waals surface area contributed by atoms with Gasteiger partial charge in [0.25, 0.3) is 0 Å². The Morgan fingerprint density at radius 2 is 2.13 bits per heavy atom. The van der Waals surface area contributed by atoms with E-state index in [-0.39, 0.29) is 0 Å². The van der Waals surface area contributed by atoms with Crippen LogP contribution in [0.5, 0.6) is 0 Å². The Balaban J connectivity index is 2.57. The molecule has 0 amide bonds. The first kappa shape index (κ1) is 11.9. The van der Waals surface area contributed by atoms with Crippen LogP contribution in [0.25, 0.3) is 0 Å². The predicted molar refractivity (Wildman–Crippen MR) is 63.2 cm³/mol. The molecular formula is C11H20N4. The molecule has 0 saturated heterocycles. The van der Waals surface area contributed by atoms with E-state index in [9.17, 15) is 0 Å². The van der Waals surface area contributed by atoms with Gasteiger partial charge in [0.1, 0.15) is 12.1 Å². The highest BCUT2D eigenvalue weighted by Crippen LogP contribution is 2.09. The first-order chi connectivity index (χ1) is 7.27. The molecule has 4 nitrogen and oxygen atoms in total. The summed E-state index contributed by atoms with van der Waals surface area (Å²) >= 11 is 0. The van der Waals surface area contributed by atoms with Gasteiger partial charge >= 0.3 is 0 Å². The summed E-state index contributed by atoms with van der Waals surface area (Å²) < 4.78 is 0. The van der Waals surface area contributed by atoms with Crippen LogP contribution in [0.2, 0.25) is 0 Å². The topological polar surface area (TPSA) is 41.0 Å². The van der Waals surface area contributed by atoms with Crippen molar-refractivity contribution in [1.82, 2.24) is 15.3 Å². The third-order valence-electron chi connectivity index (χ3n) is 2.30. The lowest BCUT2D eigenvalue weighted by Crippen LogP contribution is -2.32. The number of aromatic nitrogens is 2. The summed E-state index contributed by atoms with van der Waals surface area (Å²) in [5.41, 5.74) is 1.02. The number of anilines is 1. The molecule has 0 unspecified atom stereocenters. The van der Waals surface area contributed by atoms with Crippen molar-refractivity contribution in [2.45, 2.75) is 20.8 Å². The van der Waals surface area contributed by atoms with E-state index >= 15 is 0 Å². The fourth-order valence-corrected chi connectivity index (χ4v) is 1.44. The summed E-state index contributed by atoms with van der Waals surface area (Å²) in [6, 6.07) is 2.02. The molecule has 0 aliphatic heterocycles. The smallest absolute Gasteiger partial charge is 0.132 e. The van der Waals surface area contributed by atoms with E-state index in [1.54, 1.807) is 6.33 Å². The van der Waals surface area contributed by atoms with Gasteiger partial charge in [0.05, 0.1) is 0 Å². The van der Waals surface area contributed by atoms with Crippen LogP contribution >= 0.6 is 0 Å². The number of nitrogens with one attached hydrogen (secondary N) is 1. The van der Waals surface area contributed by atoms with Crippen molar-refractivity contribution in [3.05, 3.63) is 18.1 Å². The largest absolute Gasteiger partial charge is 0.356 e. The maximum Gasteiger partial charge on any atom is 0.132 e. The second-order valence-corrected chi connectivity index (χ2v) is 3.45. The Kier molecular flexibility index (Phi) is 5.04. The van der Waals surface area contributed by atoms with Gasteiger partial charge in [-0.25, -0.2) is 9.97 Å². The Bertz CT molecular complexity index is 288. The zero-order valence-electron chi connectivity index (χ0n) is 9.82. The SMILES string of the molecule is CCNCCN(CC)c1cc(C)ncn1. The minimum atomic E-state index is 0.974. The van der Waals surface area contributed by atoms with Gasteiger partial charge in [0.2, 0.25) is 0 Å². The van der Waals surface area contributed by atoms with E-state index in [1.807, 2.05) is 13.0 Å². The highest BCUT2D eigenvalue weighted by Gasteiger charge is 2.04. The fourth-order valence-electron chi connectivity index (χ4n) is 1.44. The molecule has 1 aromatic heterocycles. The van der Waals surface area contributed by atoms with Crippen LogP contribution in [-0.4, -0.2) is 36.1 Å². The lowest BCUT2D eigenvalue weighted by molar-refractivity contribution is 0.683. The van der Waals surface area contributed by atoms with Gasteiger partial charge in [0, 0.05) is 31.4 Å². The van der Waals surface area contributed by atoms with Crippen LogP contribution in [0.1, 0.15) is 19.5 Å². The highest BCUT2D eigenvalue weighted by molar-refractivity contribution is 5.38. The molecule has 0 spiro atoms. The number of aryl methyl sites for hydroxylation is 1. The van der Waals surface area contributed by atoms with E-state index in [4.69, 9.17) is 0 Å². The van der Waals surface area contributed by atoms with Crippen LogP contribution in [0.15, 0.2) is 12.4 Å². The Hall–Kier alpha value is -1.16. The third kappa shape index (κ3) is 3.83. The molecule has 0 bridgehead atoms. The van der Waals surface area contributed by atoms with Crippen molar-refractivity contribution in [2.75, 3.05) is 31.1 Å². The second-order valence-electron chi connectivity index (χ2n) is 3.45. The van der Waals surface area contributed by atoms with Crippen molar-refractivity contribution in [2.24, 2.45) is 0 Å². The minimum Gasteiger partial charge on any atom is -0.356 e. The predicted octanol–water partition coefficient (Wildman–Crippen LogP) is 1.22. The van der Waals surface area contributed by atoms with Crippen LogP contribution in [-0.2, 0) is 0 Å². The van der Waals surface area contributed by atoms with Crippen molar-refractivity contribution in [3.8, 4) is 0 Å². The van der Waals surface area contributed by atoms with E-state index in [2.05, 4.69) is 34.0 Å². The van der Waals surface area contributed by atoms with Crippen molar-refractivity contribution in [3.63, 3.8) is 0 Å². The molecule has 1 aromatic rings. The van der Waals surface area contributed by atoms with E-state index in [0.717, 1.165) is 37.7 Å². The van der Waals surface area contributed by atoms with Crippen LogP contribution in [0.3, 0.4) is 0 Å². The average molecular weight is 208 g/mol. The molecule has 84 valence electrons. The normalized spacial score (nSPS) is 10.3. The van der Waals surface area contributed by atoms with Gasteiger partial charge in [-0.3, -0.25) is 0 Å². The average Bonchev–Trinajstić information content (AvgIpc) is 2.24. The minimum absolute atomic E-state index is 0.974. The molecule has 0 aliphatic rings. The molecule has 0 fully saturated rings. The van der Waals surface area contributed by atoms with E-state index in [0.29, 0.717) is 0 Å². The number of likely N-dealkylation sites (N-methyl/N-ethyl adjacent to an activating group) is 2. The molecule has 0 radical (unpaired) electrons. The highest BCUT2D eigenvalue weighted by atomic mass is 15.2. The fraction of sp³-hybridized carbons (Fsp3) is 0.636. The van der Waals surface area contributed by atoms with E-state index < -0.39 is 0 Å².